The van der Waals surface area contributed by atoms with Gasteiger partial charge in [-0.25, -0.2) is 0 Å². The summed E-state index contributed by atoms with van der Waals surface area (Å²) in [6.07, 6.45) is 6.23. The minimum Gasteiger partial charge on any atom is -0.396 e. The van der Waals surface area contributed by atoms with Gasteiger partial charge in [-0.2, -0.15) is 0 Å². The van der Waals surface area contributed by atoms with E-state index >= 15 is 0 Å². The van der Waals surface area contributed by atoms with Crippen molar-refractivity contribution in [3.05, 3.63) is 0 Å². The first-order valence-corrected chi connectivity index (χ1v) is 6.87. The van der Waals surface area contributed by atoms with E-state index in [0.29, 0.717) is 6.10 Å². The molecule has 1 fully saturated rings. The average molecular weight is 228 g/mol. The highest BCUT2D eigenvalue weighted by atomic mass is 16.5. The average Bonchev–Trinajstić information content (AvgIpc) is 2.24. The highest BCUT2D eigenvalue weighted by molar-refractivity contribution is 4.81. The van der Waals surface area contributed by atoms with Gasteiger partial charge in [0.15, 0.2) is 0 Å². The number of hydrogen-bond acceptors (Lipinski definition) is 2. The van der Waals surface area contributed by atoms with E-state index in [4.69, 9.17) is 9.84 Å². The first-order chi connectivity index (χ1) is 7.65. The standard InChI is InChI=1S/C14H28O2/c1-11(2)13-7-6-12(3)10-14(13)16-9-5-4-8-15/h11-15H,4-10H2,1-3H3/t12-,13+,14?/m1/s1. The predicted molar refractivity (Wildman–Crippen MR) is 67.4 cm³/mol. The van der Waals surface area contributed by atoms with Crippen LogP contribution in [0.5, 0.6) is 0 Å². The van der Waals surface area contributed by atoms with Crippen molar-refractivity contribution < 1.29 is 9.84 Å². The van der Waals surface area contributed by atoms with Crippen molar-refractivity contribution in [1.29, 1.82) is 0 Å². The lowest BCUT2D eigenvalue weighted by atomic mass is 9.75. The molecule has 2 heteroatoms. The van der Waals surface area contributed by atoms with E-state index in [9.17, 15) is 0 Å². The Morgan fingerprint density at radius 3 is 2.62 bits per heavy atom. The molecule has 0 aliphatic heterocycles. The Hall–Kier alpha value is -0.0800. The van der Waals surface area contributed by atoms with Crippen molar-refractivity contribution >= 4 is 0 Å². The molecule has 0 aromatic heterocycles. The SMILES string of the molecule is CC(C)[C@@H]1CC[C@@H](C)CC1OCCCCO. The first-order valence-electron chi connectivity index (χ1n) is 6.87. The Labute approximate surface area is 100 Å². The summed E-state index contributed by atoms with van der Waals surface area (Å²) in [5.41, 5.74) is 0. The smallest absolute Gasteiger partial charge is 0.0608 e. The maximum absolute atomic E-state index is 8.73. The third-order valence-corrected chi connectivity index (χ3v) is 3.85. The minimum absolute atomic E-state index is 0.290. The summed E-state index contributed by atoms with van der Waals surface area (Å²) >= 11 is 0. The number of ether oxygens (including phenoxy) is 1. The van der Waals surface area contributed by atoms with Crippen LogP contribution in [0.4, 0.5) is 0 Å². The maximum atomic E-state index is 8.73. The molecular weight excluding hydrogens is 200 g/mol. The van der Waals surface area contributed by atoms with E-state index in [1.54, 1.807) is 0 Å². The van der Waals surface area contributed by atoms with Crippen molar-refractivity contribution in [2.24, 2.45) is 17.8 Å². The van der Waals surface area contributed by atoms with Gasteiger partial charge in [-0.3, -0.25) is 0 Å². The Morgan fingerprint density at radius 2 is 2.00 bits per heavy atom. The molecule has 0 bridgehead atoms. The normalized spacial score (nSPS) is 30.9. The van der Waals surface area contributed by atoms with Gasteiger partial charge < -0.3 is 9.84 Å². The molecule has 1 aliphatic rings. The Kier molecular flexibility index (Phi) is 6.37. The molecule has 0 spiro atoms. The Morgan fingerprint density at radius 1 is 1.25 bits per heavy atom. The van der Waals surface area contributed by atoms with Gasteiger partial charge in [-0.1, -0.05) is 27.2 Å². The molecule has 1 saturated carbocycles. The van der Waals surface area contributed by atoms with Crippen molar-refractivity contribution in [2.75, 3.05) is 13.2 Å². The molecule has 0 aromatic rings. The monoisotopic (exact) mass is 228 g/mol. The molecular formula is C14H28O2. The van der Waals surface area contributed by atoms with Crippen LogP contribution < -0.4 is 0 Å². The number of aliphatic hydroxyl groups excluding tert-OH is 1. The van der Waals surface area contributed by atoms with Crippen molar-refractivity contribution in [3.63, 3.8) is 0 Å². The van der Waals surface area contributed by atoms with Crippen LogP contribution in [-0.2, 0) is 4.74 Å². The van der Waals surface area contributed by atoms with Crippen LogP contribution in [-0.4, -0.2) is 24.4 Å². The quantitative estimate of drug-likeness (QED) is 0.707. The van der Waals surface area contributed by atoms with E-state index in [0.717, 1.165) is 37.2 Å². The number of hydrogen-bond donors (Lipinski definition) is 1. The number of rotatable bonds is 6. The fourth-order valence-electron chi connectivity index (χ4n) is 2.75. The Balaban J connectivity index is 2.33. The second-order valence-corrected chi connectivity index (χ2v) is 5.67. The zero-order chi connectivity index (χ0) is 12.0. The van der Waals surface area contributed by atoms with E-state index in [1.165, 1.54) is 19.3 Å². The van der Waals surface area contributed by atoms with Gasteiger partial charge >= 0.3 is 0 Å². The van der Waals surface area contributed by atoms with Gasteiger partial charge in [0.25, 0.3) is 0 Å². The molecule has 0 radical (unpaired) electrons. The molecule has 0 aromatic carbocycles. The summed E-state index contributed by atoms with van der Waals surface area (Å²) in [6, 6.07) is 0. The van der Waals surface area contributed by atoms with Crippen LogP contribution in [0, 0.1) is 17.8 Å². The van der Waals surface area contributed by atoms with Gasteiger partial charge in [0, 0.05) is 13.2 Å². The molecule has 3 atom stereocenters. The lowest BCUT2D eigenvalue weighted by Gasteiger charge is -2.37. The topological polar surface area (TPSA) is 29.5 Å². The summed E-state index contributed by atoms with van der Waals surface area (Å²) in [4.78, 5) is 0. The van der Waals surface area contributed by atoms with Crippen LogP contribution in [0.3, 0.4) is 0 Å². The van der Waals surface area contributed by atoms with Crippen LogP contribution in [0.2, 0.25) is 0 Å². The second kappa shape index (κ2) is 7.29. The molecule has 96 valence electrons. The Bertz CT molecular complexity index is 180. The maximum Gasteiger partial charge on any atom is 0.0608 e. The summed E-state index contributed by atoms with van der Waals surface area (Å²) < 4.78 is 6.02. The fourth-order valence-corrected chi connectivity index (χ4v) is 2.75. The fraction of sp³-hybridized carbons (Fsp3) is 1.00. The zero-order valence-corrected chi connectivity index (χ0v) is 11.1. The highest BCUT2D eigenvalue weighted by Gasteiger charge is 2.30. The van der Waals surface area contributed by atoms with Crippen molar-refractivity contribution in [3.8, 4) is 0 Å². The third kappa shape index (κ3) is 4.42. The van der Waals surface area contributed by atoms with E-state index in [2.05, 4.69) is 20.8 Å². The van der Waals surface area contributed by atoms with Crippen molar-refractivity contribution in [1.82, 2.24) is 0 Å². The zero-order valence-electron chi connectivity index (χ0n) is 11.1. The predicted octanol–water partition coefficient (Wildman–Crippen LogP) is 3.24. The van der Waals surface area contributed by atoms with Crippen molar-refractivity contribution in [2.45, 2.75) is 59.0 Å². The molecule has 2 nitrogen and oxygen atoms in total. The number of aliphatic hydroxyl groups is 1. The van der Waals surface area contributed by atoms with Gasteiger partial charge in [-0.05, 0) is 43.4 Å². The molecule has 16 heavy (non-hydrogen) atoms. The summed E-state index contributed by atoms with van der Waals surface area (Å²) in [5.74, 6) is 2.29. The summed E-state index contributed by atoms with van der Waals surface area (Å²) in [7, 11) is 0. The molecule has 1 unspecified atom stereocenters. The highest BCUT2D eigenvalue weighted by Crippen LogP contribution is 2.35. The lowest BCUT2D eigenvalue weighted by molar-refractivity contribution is -0.0400. The first kappa shape index (κ1) is 14.0. The van der Waals surface area contributed by atoms with Gasteiger partial charge in [0.2, 0.25) is 0 Å². The van der Waals surface area contributed by atoms with Crippen LogP contribution in [0.15, 0.2) is 0 Å². The minimum atomic E-state index is 0.290. The van der Waals surface area contributed by atoms with E-state index in [-0.39, 0.29) is 6.61 Å². The molecule has 0 saturated heterocycles. The second-order valence-electron chi connectivity index (χ2n) is 5.67. The molecule has 0 amide bonds. The van der Waals surface area contributed by atoms with Crippen LogP contribution in [0.1, 0.15) is 52.9 Å². The van der Waals surface area contributed by atoms with Crippen LogP contribution >= 0.6 is 0 Å². The van der Waals surface area contributed by atoms with Gasteiger partial charge in [0.1, 0.15) is 0 Å². The van der Waals surface area contributed by atoms with Gasteiger partial charge in [0.05, 0.1) is 6.10 Å². The van der Waals surface area contributed by atoms with Crippen LogP contribution in [0.25, 0.3) is 0 Å². The molecule has 1 aliphatic carbocycles. The summed E-state index contributed by atoms with van der Waals surface area (Å²) in [5, 5.41) is 8.73. The molecule has 0 heterocycles. The van der Waals surface area contributed by atoms with Gasteiger partial charge in [-0.15, -0.1) is 0 Å². The van der Waals surface area contributed by atoms with E-state index < -0.39 is 0 Å². The third-order valence-electron chi connectivity index (χ3n) is 3.85. The van der Waals surface area contributed by atoms with E-state index in [1.807, 2.05) is 0 Å². The number of unbranched alkanes of at least 4 members (excludes halogenated alkanes) is 1. The largest absolute Gasteiger partial charge is 0.396 e. The summed E-state index contributed by atoms with van der Waals surface area (Å²) in [6.45, 7) is 8.06. The molecule has 1 rings (SSSR count). The lowest BCUT2D eigenvalue weighted by Crippen LogP contribution is -2.34. The molecule has 1 N–H and O–H groups in total.